The van der Waals surface area contributed by atoms with Crippen molar-refractivity contribution in [2.75, 3.05) is 0 Å². The predicted molar refractivity (Wildman–Crippen MR) is 162 cm³/mol. The van der Waals surface area contributed by atoms with Crippen LogP contribution in [0.5, 0.6) is 0 Å². The van der Waals surface area contributed by atoms with Gasteiger partial charge in [0.1, 0.15) is 12.4 Å². The number of aliphatic hydroxyl groups excluding tert-OH is 1. The van der Waals surface area contributed by atoms with Gasteiger partial charge in [-0.2, -0.15) is 0 Å². The molecule has 0 saturated heterocycles. The number of carbonyl (C=O) groups excluding carboxylic acids is 1. The lowest BCUT2D eigenvalue weighted by atomic mass is 9.98. The number of imidazole rings is 1. The van der Waals surface area contributed by atoms with Crippen LogP contribution >= 0.6 is 11.6 Å². The summed E-state index contributed by atoms with van der Waals surface area (Å²) in [5.74, 6) is 1.11. The number of ether oxygens (including phenoxy) is 1. The van der Waals surface area contributed by atoms with Crippen molar-refractivity contribution in [2.24, 2.45) is 0 Å². The summed E-state index contributed by atoms with van der Waals surface area (Å²) in [6.07, 6.45) is 1.97. The molecule has 13 nitrogen and oxygen atoms in total. The van der Waals surface area contributed by atoms with Crippen molar-refractivity contribution >= 4 is 17.7 Å². The van der Waals surface area contributed by atoms with Crippen molar-refractivity contribution in [1.82, 2.24) is 35.1 Å². The van der Waals surface area contributed by atoms with E-state index in [9.17, 15) is 9.90 Å². The van der Waals surface area contributed by atoms with E-state index in [-0.39, 0.29) is 31.0 Å². The van der Waals surface area contributed by atoms with Gasteiger partial charge in [0.25, 0.3) is 0 Å². The van der Waals surface area contributed by atoms with Crippen LogP contribution in [-0.2, 0) is 42.4 Å². The number of benzene rings is 3. The Hall–Kier alpha value is -4.50. The third kappa shape index (κ3) is 7.97. The van der Waals surface area contributed by atoms with Gasteiger partial charge in [0.2, 0.25) is 5.82 Å². The molecule has 45 heavy (non-hydrogen) atoms. The van der Waals surface area contributed by atoms with Gasteiger partial charge in [-0.1, -0.05) is 103 Å². The Balaban J connectivity index is 1.28. The van der Waals surface area contributed by atoms with Crippen LogP contribution < -0.4 is 0 Å². The summed E-state index contributed by atoms with van der Waals surface area (Å²) >= 11 is 6.31. The normalized spacial score (nSPS) is 11.3. The molecule has 3 N–H and O–H groups in total. The molecule has 0 aliphatic carbocycles. The Labute approximate surface area is 263 Å². The van der Waals surface area contributed by atoms with Gasteiger partial charge in [-0.15, -0.1) is 10.2 Å². The topological polar surface area (TPSA) is 161 Å². The van der Waals surface area contributed by atoms with Crippen LogP contribution in [0.2, 0.25) is 5.15 Å². The number of aryl methyl sites for hydroxylation is 1. The fraction of sp³-hybridized carbons (Fsp3) is 0.258. The SMILES string of the molecule is CCCCc1nc(Cl)c(CO)n1Cc1ccc(-c2ccccc2-c2nnn(C(=O)OCc3cccc(CON(O)O)c3)n2)cc1. The van der Waals surface area contributed by atoms with Gasteiger partial charge in [0.15, 0.2) is 5.15 Å². The first-order valence-corrected chi connectivity index (χ1v) is 14.6. The first kappa shape index (κ1) is 31.9. The van der Waals surface area contributed by atoms with E-state index >= 15 is 0 Å². The molecule has 0 saturated carbocycles. The standard InChI is InChI=1S/C31H32ClN7O6/c1-2-3-11-28-33-29(32)27(18-40)37(28)17-21-12-14-24(15-13-21)25-9-4-5-10-26(25)30-34-36-38(35-30)31(41)44-19-22-7-6-8-23(16-22)20-45-39(42)43/h4-10,12-16,40,42-43H,2-3,11,17-20H2,1H3. The summed E-state index contributed by atoms with van der Waals surface area (Å²) < 4.78 is 7.33. The fourth-order valence-corrected chi connectivity index (χ4v) is 5.07. The van der Waals surface area contributed by atoms with Crippen LogP contribution in [0.25, 0.3) is 22.5 Å². The van der Waals surface area contributed by atoms with Crippen molar-refractivity contribution in [3.63, 3.8) is 0 Å². The molecule has 0 aliphatic heterocycles. The Morgan fingerprint density at radius 1 is 0.956 bits per heavy atom. The van der Waals surface area contributed by atoms with Crippen LogP contribution in [0.4, 0.5) is 4.79 Å². The molecule has 0 bridgehead atoms. The van der Waals surface area contributed by atoms with Gasteiger partial charge < -0.3 is 14.4 Å². The largest absolute Gasteiger partial charge is 0.454 e. The maximum absolute atomic E-state index is 12.7. The van der Waals surface area contributed by atoms with Crippen molar-refractivity contribution < 1.29 is 29.9 Å². The number of tetrazole rings is 1. The molecular weight excluding hydrogens is 602 g/mol. The van der Waals surface area contributed by atoms with Gasteiger partial charge in [-0.25, -0.2) is 14.6 Å². The Bertz CT molecular complexity index is 1740. The maximum atomic E-state index is 12.7. The van der Waals surface area contributed by atoms with E-state index in [0.717, 1.165) is 46.6 Å². The highest BCUT2D eigenvalue weighted by Crippen LogP contribution is 2.30. The third-order valence-electron chi connectivity index (χ3n) is 7.06. The van der Waals surface area contributed by atoms with E-state index in [1.165, 1.54) is 0 Å². The van der Waals surface area contributed by atoms with E-state index in [2.05, 4.69) is 32.2 Å². The molecule has 0 amide bonds. The summed E-state index contributed by atoms with van der Waals surface area (Å²) in [6, 6.07) is 22.4. The fourth-order valence-electron chi connectivity index (χ4n) is 4.81. The molecule has 0 unspecified atom stereocenters. The number of halogens is 1. The quantitative estimate of drug-likeness (QED) is 0.142. The monoisotopic (exact) mass is 633 g/mol. The third-order valence-corrected chi connectivity index (χ3v) is 7.36. The highest BCUT2D eigenvalue weighted by atomic mass is 35.5. The van der Waals surface area contributed by atoms with Crippen LogP contribution in [0, 0.1) is 0 Å². The van der Waals surface area contributed by atoms with Gasteiger partial charge in [-0.3, -0.25) is 10.4 Å². The Morgan fingerprint density at radius 2 is 1.69 bits per heavy atom. The number of hydrogen-bond donors (Lipinski definition) is 3. The van der Waals surface area contributed by atoms with Crippen molar-refractivity contribution in [1.29, 1.82) is 0 Å². The average Bonchev–Trinajstić information content (AvgIpc) is 3.66. The molecule has 2 aromatic heterocycles. The molecule has 2 heterocycles. The minimum absolute atomic E-state index is 0.0698. The van der Waals surface area contributed by atoms with E-state index in [0.29, 0.717) is 34.1 Å². The number of carbonyl (C=O) groups is 1. The number of nitrogens with zero attached hydrogens (tertiary/aromatic N) is 7. The van der Waals surface area contributed by atoms with Gasteiger partial charge >= 0.3 is 6.09 Å². The summed E-state index contributed by atoms with van der Waals surface area (Å²) in [4.78, 5) is 22.6. The zero-order chi connectivity index (χ0) is 31.8. The first-order valence-electron chi connectivity index (χ1n) is 14.2. The lowest BCUT2D eigenvalue weighted by molar-refractivity contribution is -0.497. The first-order chi connectivity index (χ1) is 21.9. The second kappa shape index (κ2) is 15.0. The molecule has 0 spiro atoms. The Morgan fingerprint density at radius 3 is 2.40 bits per heavy atom. The number of aromatic nitrogens is 6. The van der Waals surface area contributed by atoms with Gasteiger partial charge in [-0.05, 0) is 39.5 Å². The van der Waals surface area contributed by atoms with Crippen LogP contribution in [-0.4, -0.2) is 56.8 Å². The highest BCUT2D eigenvalue weighted by molar-refractivity contribution is 6.30. The predicted octanol–water partition coefficient (Wildman–Crippen LogP) is 5.44. The van der Waals surface area contributed by atoms with Crippen molar-refractivity contribution in [2.45, 2.75) is 52.6 Å². The molecule has 0 fully saturated rings. The summed E-state index contributed by atoms with van der Waals surface area (Å²) in [5, 5.41) is 39.6. The minimum atomic E-state index is -0.811. The summed E-state index contributed by atoms with van der Waals surface area (Å²) in [7, 11) is 0. The molecule has 0 atom stereocenters. The molecule has 14 heteroatoms. The average molecular weight is 634 g/mol. The van der Waals surface area contributed by atoms with E-state index in [1.807, 2.05) is 53.1 Å². The highest BCUT2D eigenvalue weighted by Gasteiger charge is 2.18. The molecule has 5 aromatic rings. The van der Waals surface area contributed by atoms with E-state index < -0.39 is 6.09 Å². The van der Waals surface area contributed by atoms with E-state index in [4.69, 9.17) is 26.8 Å². The van der Waals surface area contributed by atoms with Crippen LogP contribution in [0.3, 0.4) is 0 Å². The van der Waals surface area contributed by atoms with Crippen LogP contribution in [0.15, 0.2) is 72.8 Å². The number of unbranched alkanes of at least 4 members (excludes halogenated alkanes) is 1. The zero-order valence-corrected chi connectivity index (χ0v) is 25.2. The lowest BCUT2D eigenvalue weighted by Crippen LogP contribution is -2.17. The zero-order valence-electron chi connectivity index (χ0n) is 24.5. The second-order valence-electron chi connectivity index (χ2n) is 10.2. The van der Waals surface area contributed by atoms with Crippen molar-refractivity contribution in [3.05, 3.63) is 106 Å². The number of rotatable bonds is 13. The summed E-state index contributed by atoms with van der Waals surface area (Å²) in [5.41, 5.74) is 5.37. The van der Waals surface area contributed by atoms with Crippen molar-refractivity contribution in [3.8, 4) is 22.5 Å². The van der Waals surface area contributed by atoms with E-state index in [1.54, 1.807) is 24.3 Å². The molecule has 5 rings (SSSR count). The molecule has 0 radical (unpaired) electrons. The number of aliphatic hydroxyl groups is 1. The molecular formula is C31H32ClN7O6. The van der Waals surface area contributed by atoms with Crippen LogP contribution in [0.1, 0.15) is 48.0 Å². The molecule has 234 valence electrons. The summed E-state index contributed by atoms with van der Waals surface area (Å²) in [6.45, 7) is 2.29. The number of hydrogen-bond acceptors (Lipinski definition) is 11. The smallest absolute Gasteiger partial charge is 0.442 e. The lowest BCUT2D eigenvalue weighted by Gasteiger charge is -2.12. The van der Waals surface area contributed by atoms with Gasteiger partial charge in [0, 0.05) is 18.5 Å². The minimum Gasteiger partial charge on any atom is -0.442 e. The molecule has 0 aliphatic rings. The maximum Gasteiger partial charge on any atom is 0.454 e. The Kier molecular flexibility index (Phi) is 10.6. The second-order valence-corrected chi connectivity index (χ2v) is 10.5. The van der Waals surface area contributed by atoms with Gasteiger partial charge in [0.05, 0.1) is 24.3 Å². The molecule has 3 aromatic carbocycles.